The third kappa shape index (κ3) is 2.65. The van der Waals surface area contributed by atoms with E-state index in [9.17, 15) is 5.11 Å². The number of piperidine rings is 1. The summed E-state index contributed by atoms with van der Waals surface area (Å²) in [7, 11) is 2.10. The van der Waals surface area contributed by atoms with E-state index in [1.807, 2.05) is 13.0 Å². The summed E-state index contributed by atoms with van der Waals surface area (Å²) >= 11 is 0. The second-order valence-electron chi connectivity index (χ2n) is 5.16. The molecule has 0 aromatic carbocycles. The van der Waals surface area contributed by atoms with E-state index in [0.717, 1.165) is 30.7 Å². The molecule has 100 valence electrons. The van der Waals surface area contributed by atoms with E-state index >= 15 is 0 Å². The van der Waals surface area contributed by atoms with E-state index in [1.165, 1.54) is 0 Å². The summed E-state index contributed by atoms with van der Waals surface area (Å²) < 4.78 is 5.45. The Balaban J connectivity index is 2.21. The lowest BCUT2D eigenvalue weighted by atomic mass is 9.82. The van der Waals surface area contributed by atoms with E-state index in [0.29, 0.717) is 12.6 Å². The monoisotopic (exact) mass is 250 g/mol. The Morgan fingerprint density at radius 2 is 2.33 bits per heavy atom. The molecule has 1 aromatic rings. The summed E-state index contributed by atoms with van der Waals surface area (Å²) in [5, 5.41) is 10.8. The highest BCUT2D eigenvalue weighted by Crippen LogP contribution is 2.35. The zero-order valence-corrected chi connectivity index (χ0v) is 11.4. The zero-order chi connectivity index (χ0) is 13.2. The summed E-state index contributed by atoms with van der Waals surface area (Å²) in [5.41, 5.74) is 0.0971. The topological polar surface area (TPSA) is 45.6 Å². The standard InChI is InChI=1S/C14H22N2O2/c1-4-18-13-7-12(9-15-10-13)14(17)5-6-16(3)11(2)8-14/h7,9-11,17H,4-6,8H2,1-3H3. The Bertz CT molecular complexity index is 411. The summed E-state index contributed by atoms with van der Waals surface area (Å²) in [6.45, 7) is 5.60. The van der Waals surface area contributed by atoms with E-state index < -0.39 is 5.60 Å². The fraction of sp³-hybridized carbons (Fsp3) is 0.643. The van der Waals surface area contributed by atoms with Gasteiger partial charge in [0.2, 0.25) is 0 Å². The SMILES string of the molecule is CCOc1cncc(C2(O)CCN(C)C(C)C2)c1. The summed E-state index contributed by atoms with van der Waals surface area (Å²) in [4.78, 5) is 6.44. The molecule has 0 bridgehead atoms. The quantitative estimate of drug-likeness (QED) is 0.888. The molecule has 1 aliphatic heterocycles. The van der Waals surface area contributed by atoms with Crippen LogP contribution >= 0.6 is 0 Å². The van der Waals surface area contributed by atoms with Gasteiger partial charge in [-0.15, -0.1) is 0 Å². The molecule has 0 spiro atoms. The maximum atomic E-state index is 10.8. The highest BCUT2D eigenvalue weighted by molar-refractivity contribution is 5.28. The van der Waals surface area contributed by atoms with Crippen LogP contribution in [0.3, 0.4) is 0 Å². The molecule has 2 unspecified atom stereocenters. The van der Waals surface area contributed by atoms with Gasteiger partial charge in [-0.3, -0.25) is 4.98 Å². The Labute approximate surface area is 109 Å². The number of nitrogens with zero attached hydrogens (tertiary/aromatic N) is 2. The Hall–Kier alpha value is -1.13. The van der Waals surface area contributed by atoms with E-state index in [-0.39, 0.29) is 0 Å². The molecular weight excluding hydrogens is 228 g/mol. The van der Waals surface area contributed by atoms with Crippen LogP contribution in [0.5, 0.6) is 5.75 Å². The van der Waals surface area contributed by atoms with Crippen LogP contribution in [0, 0.1) is 0 Å². The van der Waals surface area contributed by atoms with Gasteiger partial charge in [0.05, 0.1) is 18.4 Å². The highest BCUT2D eigenvalue weighted by atomic mass is 16.5. The average molecular weight is 250 g/mol. The number of likely N-dealkylation sites (tertiary alicyclic amines) is 1. The van der Waals surface area contributed by atoms with Gasteiger partial charge in [0.15, 0.2) is 0 Å². The van der Waals surface area contributed by atoms with Crippen LogP contribution in [-0.4, -0.2) is 41.2 Å². The molecule has 1 fully saturated rings. The van der Waals surface area contributed by atoms with Crippen molar-refractivity contribution < 1.29 is 9.84 Å². The Morgan fingerprint density at radius 3 is 3.00 bits per heavy atom. The lowest BCUT2D eigenvalue weighted by Crippen LogP contribution is -2.45. The predicted molar refractivity (Wildman–Crippen MR) is 70.6 cm³/mol. The number of pyridine rings is 1. The third-order valence-corrected chi connectivity index (χ3v) is 3.83. The second-order valence-corrected chi connectivity index (χ2v) is 5.16. The maximum Gasteiger partial charge on any atom is 0.137 e. The van der Waals surface area contributed by atoms with Gasteiger partial charge in [-0.2, -0.15) is 0 Å². The van der Waals surface area contributed by atoms with Gasteiger partial charge in [-0.25, -0.2) is 0 Å². The van der Waals surface area contributed by atoms with Crippen LogP contribution in [0.15, 0.2) is 18.5 Å². The van der Waals surface area contributed by atoms with Crippen LogP contribution < -0.4 is 4.74 Å². The van der Waals surface area contributed by atoms with Gasteiger partial charge in [0.1, 0.15) is 5.75 Å². The van der Waals surface area contributed by atoms with E-state index in [1.54, 1.807) is 12.4 Å². The molecule has 0 saturated carbocycles. The normalized spacial score (nSPS) is 29.2. The van der Waals surface area contributed by atoms with Gasteiger partial charge in [-0.05, 0) is 39.8 Å². The Morgan fingerprint density at radius 1 is 1.56 bits per heavy atom. The van der Waals surface area contributed by atoms with Gasteiger partial charge in [-0.1, -0.05) is 0 Å². The van der Waals surface area contributed by atoms with Gasteiger partial charge >= 0.3 is 0 Å². The molecule has 1 N–H and O–H groups in total. The molecule has 1 saturated heterocycles. The lowest BCUT2D eigenvalue weighted by Gasteiger charge is -2.41. The molecule has 2 rings (SSSR count). The van der Waals surface area contributed by atoms with Crippen LogP contribution in [-0.2, 0) is 5.60 Å². The largest absolute Gasteiger partial charge is 0.492 e. The van der Waals surface area contributed by atoms with Crippen molar-refractivity contribution in [1.82, 2.24) is 9.88 Å². The van der Waals surface area contributed by atoms with Gasteiger partial charge in [0.25, 0.3) is 0 Å². The minimum atomic E-state index is -0.772. The summed E-state index contributed by atoms with van der Waals surface area (Å²) in [5.74, 6) is 0.731. The molecule has 1 aliphatic rings. The fourth-order valence-electron chi connectivity index (χ4n) is 2.51. The highest BCUT2D eigenvalue weighted by Gasteiger charge is 2.37. The third-order valence-electron chi connectivity index (χ3n) is 3.83. The molecular formula is C14H22N2O2. The molecule has 18 heavy (non-hydrogen) atoms. The van der Waals surface area contributed by atoms with Crippen molar-refractivity contribution in [2.45, 2.75) is 38.3 Å². The summed E-state index contributed by atoms with van der Waals surface area (Å²) in [6, 6.07) is 2.29. The number of aromatic nitrogens is 1. The first-order valence-corrected chi connectivity index (χ1v) is 6.56. The van der Waals surface area contributed by atoms with Crippen molar-refractivity contribution in [3.63, 3.8) is 0 Å². The number of ether oxygens (including phenoxy) is 1. The molecule has 2 atom stereocenters. The average Bonchev–Trinajstić information content (AvgIpc) is 2.35. The van der Waals surface area contributed by atoms with Gasteiger partial charge in [0, 0.05) is 24.3 Å². The van der Waals surface area contributed by atoms with Crippen LogP contribution in [0.4, 0.5) is 0 Å². The number of aliphatic hydroxyl groups is 1. The molecule has 0 aliphatic carbocycles. The lowest BCUT2D eigenvalue weighted by molar-refractivity contribution is -0.0412. The first-order chi connectivity index (χ1) is 8.55. The molecule has 4 nitrogen and oxygen atoms in total. The first-order valence-electron chi connectivity index (χ1n) is 6.56. The molecule has 1 aromatic heterocycles. The van der Waals surface area contributed by atoms with E-state index in [4.69, 9.17) is 4.74 Å². The second kappa shape index (κ2) is 5.24. The first kappa shape index (κ1) is 13.3. The zero-order valence-electron chi connectivity index (χ0n) is 11.4. The molecule has 0 amide bonds. The summed E-state index contributed by atoms with van der Waals surface area (Å²) in [6.07, 6.45) is 4.92. The van der Waals surface area contributed by atoms with E-state index in [2.05, 4.69) is 23.9 Å². The minimum Gasteiger partial charge on any atom is -0.492 e. The van der Waals surface area contributed by atoms with Crippen molar-refractivity contribution in [2.24, 2.45) is 0 Å². The van der Waals surface area contributed by atoms with Crippen molar-refractivity contribution in [2.75, 3.05) is 20.2 Å². The Kier molecular flexibility index (Phi) is 3.88. The van der Waals surface area contributed by atoms with Crippen molar-refractivity contribution in [1.29, 1.82) is 0 Å². The van der Waals surface area contributed by atoms with Crippen LogP contribution in [0.25, 0.3) is 0 Å². The van der Waals surface area contributed by atoms with Crippen molar-refractivity contribution in [3.05, 3.63) is 24.0 Å². The van der Waals surface area contributed by atoms with Gasteiger partial charge < -0.3 is 14.7 Å². The fourth-order valence-corrected chi connectivity index (χ4v) is 2.51. The number of hydrogen-bond acceptors (Lipinski definition) is 4. The predicted octanol–water partition coefficient (Wildman–Crippen LogP) is 1.78. The van der Waals surface area contributed by atoms with Crippen LogP contribution in [0.2, 0.25) is 0 Å². The molecule has 2 heterocycles. The minimum absolute atomic E-state index is 0.375. The maximum absolute atomic E-state index is 10.8. The number of rotatable bonds is 3. The van der Waals surface area contributed by atoms with Crippen LogP contribution in [0.1, 0.15) is 32.3 Å². The smallest absolute Gasteiger partial charge is 0.137 e. The molecule has 0 radical (unpaired) electrons. The molecule has 4 heteroatoms. The van der Waals surface area contributed by atoms with Crippen molar-refractivity contribution in [3.8, 4) is 5.75 Å². The number of hydrogen-bond donors (Lipinski definition) is 1. The van der Waals surface area contributed by atoms with Crippen molar-refractivity contribution >= 4 is 0 Å².